The first kappa shape index (κ1) is 10.3. The van der Waals surface area contributed by atoms with Crippen LogP contribution in [0.3, 0.4) is 0 Å². The fourth-order valence-electron chi connectivity index (χ4n) is 1.63. The lowest BCUT2D eigenvalue weighted by atomic mass is 10.1. The van der Waals surface area contributed by atoms with Crippen LogP contribution in [0.25, 0.3) is 0 Å². The predicted molar refractivity (Wildman–Crippen MR) is 63.9 cm³/mol. The summed E-state index contributed by atoms with van der Waals surface area (Å²) in [6, 6.07) is 8.17. The van der Waals surface area contributed by atoms with Crippen molar-refractivity contribution in [2.45, 2.75) is 19.4 Å². The predicted octanol–water partition coefficient (Wildman–Crippen LogP) is 2.69. The summed E-state index contributed by atoms with van der Waals surface area (Å²) in [5, 5.41) is 2.08. The van der Waals surface area contributed by atoms with E-state index in [1.54, 1.807) is 17.5 Å². The van der Waals surface area contributed by atoms with Gasteiger partial charge in [-0.2, -0.15) is 0 Å². The average molecular weight is 218 g/mol. The molecule has 2 rings (SSSR count). The van der Waals surface area contributed by atoms with Crippen LogP contribution in [0.1, 0.15) is 22.2 Å². The Morgan fingerprint density at radius 2 is 2.27 bits per heavy atom. The van der Waals surface area contributed by atoms with Gasteiger partial charge in [0.1, 0.15) is 0 Å². The molecule has 3 heteroatoms. The summed E-state index contributed by atoms with van der Waals surface area (Å²) in [6.07, 6.45) is 2.67. The molecule has 1 unspecified atom stereocenters. The Hall–Kier alpha value is -1.19. The molecule has 0 aliphatic rings. The van der Waals surface area contributed by atoms with Gasteiger partial charge in [-0.15, -0.1) is 11.3 Å². The van der Waals surface area contributed by atoms with Crippen molar-refractivity contribution in [2.75, 3.05) is 0 Å². The van der Waals surface area contributed by atoms with E-state index in [2.05, 4.69) is 35.5 Å². The Kier molecular flexibility index (Phi) is 3.14. The summed E-state index contributed by atoms with van der Waals surface area (Å²) < 4.78 is 0. The van der Waals surface area contributed by atoms with E-state index in [1.165, 1.54) is 10.4 Å². The summed E-state index contributed by atoms with van der Waals surface area (Å²) in [5.41, 5.74) is 8.30. The minimum atomic E-state index is 0.00449. The van der Waals surface area contributed by atoms with Crippen LogP contribution in [0.5, 0.6) is 0 Å². The van der Waals surface area contributed by atoms with Gasteiger partial charge in [0.05, 0.1) is 11.7 Å². The summed E-state index contributed by atoms with van der Waals surface area (Å²) in [5.74, 6) is 0. The number of rotatable bonds is 3. The van der Waals surface area contributed by atoms with Crippen molar-refractivity contribution in [1.82, 2.24) is 4.98 Å². The second-order valence-electron chi connectivity index (χ2n) is 3.60. The third-order valence-corrected chi connectivity index (χ3v) is 3.30. The Morgan fingerprint density at radius 1 is 1.40 bits per heavy atom. The minimum Gasteiger partial charge on any atom is -0.322 e. The molecule has 15 heavy (non-hydrogen) atoms. The number of hydrogen-bond acceptors (Lipinski definition) is 3. The summed E-state index contributed by atoms with van der Waals surface area (Å²) in [4.78, 5) is 5.65. The lowest BCUT2D eigenvalue weighted by molar-refractivity contribution is 0.697. The summed E-state index contributed by atoms with van der Waals surface area (Å²) in [6.45, 7) is 2.05. The van der Waals surface area contributed by atoms with E-state index in [0.717, 1.165) is 12.1 Å². The summed E-state index contributed by atoms with van der Waals surface area (Å²) in [7, 11) is 0. The Morgan fingerprint density at radius 3 is 2.93 bits per heavy atom. The van der Waals surface area contributed by atoms with E-state index in [-0.39, 0.29) is 6.04 Å². The molecule has 0 aliphatic carbocycles. The minimum absolute atomic E-state index is 0.00449. The van der Waals surface area contributed by atoms with Gasteiger partial charge in [-0.25, -0.2) is 0 Å². The van der Waals surface area contributed by atoms with Crippen LogP contribution < -0.4 is 5.73 Å². The van der Waals surface area contributed by atoms with E-state index in [1.807, 2.05) is 6.07 Å². The molecule has 0 amide bonds. The number of thiophene rings is 1. The van der Waals surface area contributed by atoms with Crippen molar-refractivity contribution < 1.29 is 0 Å². The maximum absolute atomic E-state index is 6.13. The molecule has 0 spiro atoms. The zero-order chi connectivity index (χ0) is 10.7. The average Bonchev–Trinajstić information content (AvgIpc) is 2.71. The van der Waals surface area contributed by atoms with Gasteiger partial charge in [0.25, 0.3) is 0 Å². The second kappa shape index (κ2) is 4.55. The van der Waals surface area contributed by atoms with Crippen LogP contribution in [-0.2, 0) is 6.42 Å². The van der Waals surface area contributed by atoms with Gasteiger partial charge < -0.3 is 5.73 Å². The highest BCUT2D eigenvalue weighted by Gasteiger charge is 2.10. The van der Waals surface area contributed by atoms with E-state index in [9.17, 15) is 0 Å². The van der Waals surface area contributed by atoms with Crippen molar-refractivity contribution in [2.24, 2.45) is 5.73 Å². The Labute approximate surface area is 93.8 Å². The van der Waals surface area contributed by atoms with Crippen molar-refractivity contribution in [3.63, 3.8) is 0 Å². The Bertz CT molecular complexity index is 423. The molecule has 2 nitrogen and oxygen atoms in total. The molecule has 1 atom stereocenters. The van der Waals surface area contributed by atoms with Gasteiger partial charge in [0, 0.05) is 17.5 Å². The normalized spacial score (nSPS) is 12.7. The van der Waals surface area contributed by atoms with Crippen LogP contribution in [-0.4, -0.2) is 4.98 Å². The van der Waals surface area contributed by atoms with Crippen LogP contribution in [0, 0.1) is 6.92 Å². The summed E-state index contributed by atoms with van der Waals surface area (Å²) >= 11 is 1.74. The highest BCUT2D eigenvalue weighted by atomic mass is 32.1. The van der Waals surface area contributed by atoms with Crippen LogP contribution in [0.4, 0.5) is 0 Å². The maximum Gasteiger partial charge on any atom is 0.0603 e. The van der Waals surface area contributed by atoms with Gasteiger partial charge in [-0.3, -0.25) is 4.98 Å². The zero-order valence-corrected chi connectivity index (χ0v) is 9.50. The zero-order valence-electron chi connectivity index (χ0n) is 8.68. The number of aromatic nitrogens is 1. The van der Waals surface area contributed by atoms with Gasteiger partial charge >= 0.3 is 0 Å². The van der Waals surface area contributed by atoms with Crippen LogP contribution in [0.15, 0.2) is 35.8 Å². The number of nitrogens with two attached hydrogens (primary N) is 1. The molecule has 0 fully saturated rings. The highest BCUT2D eigenvalue weighted by molar-refractivity contribution is 7.09. The fraction of sp³-hybridized carbons (Fsp3) is 0.250. The van der Waals surface area contributed by atoms with E-state index < -0.39 is 0 Å². The lowest BCUT2D eigenvalue weighted by Gasteiger charge is -2.11. The third-order valence-electron chi connectivity index (χ3n) is 2.40. The maximum atomic E-state index is 6.13. The first-order valence-electron chi connectivity index (χ1n) is 4.97. The number of nitrogens with zero attached hydrogens (tertiary/aromatic N) is 1. The van der Waals surface area contributed by atoms with E-state index in [4.69, 9.17) is 5.73 Å². The molecular weight excluding hydrogens is 204 g/mol. The second-order valence-corrected chi connectivity index (χ2v) is 4.63. The SMILES string of the molecule is Cc1cccnc1C(N)Cc1cccs1. The topological polar surface area (TPSA) is 38.9 Å². The van der Waals surface area contributed by atoms with E-state index in [0.29, 0.717) is 0 Å². The first-order chi connectivity index (χ1) is 7.27. The molecular formula is C12H14N2S. The molecule has 2 heterocycles. The van der Waals surface area contributed by atoms with Gasteiger partial charge in [0.2, 0.25) is 0 Å². The molecule has 2 aromatic rings. The molecule has 0 radical (unpaired) electrons. The van der Waals surface area contributed by atoms with Crippen LogP contribution >= 0.6 is 11.3 Å². The third kappa shape index (κ3) is 2.43. The quantitative estimate of drug-likeness (QED) is 0.860. The van der Waals surface area contributed by atoms with Gasteiger partial charge in [0.15, 0.2) is 0 Å². The van der Waals surface area contributed by atoms with Crippen molar-refractivity contribution >= 4 is 11.3 Å². The fourth-order valence-corrected chi connectivity index (χ4v) is 2.39. The standard InChI is InChI=1S/C12H14N2S/c1-9-4-2-6-14-12(9)11(13)8-10-5-3-7-15-10/h2-7,11H,8,13H2,1H3. The molecule has 0 bridgehead atoms. The van der Waals surface area contributed by atoms with Gasteiger partial charge in [-0.1, -0.05) is 12.1 Å². The van der Waals surface area contributed by atoms with E-state index >= 15 is 0 Å². The number of aryl methyl sites for hydroxylation is 1. The number of hydrogen-bond donors (Lipinski definition) is 1. The highest BCUT2D eigenvalue weighted by Crippen LogP contribution is 2.19. The van der Waals surface area contributed by atoms with Crippen molar-refractivity contribution in [3.05, 3.63) is 52.0 Å². The Balaban J connectivity index is 2.15. The first-order valence-corrected chi connectivity index (χ1v) is 5.85. The molecule has 78 valence electrons. The molecule has 0 aromatic carbocycles. The monoisotopic (exact) mass is 218 g/mol. The number of pyridine rings is 1. The van der Waals surface area contributed by atoms with Crippen LogP contribution in [0.2, 0.25) is 0 Å². The largest absolute Gasteiger partial charge is 0.322 e. The molecule has 0 saturated carbocycles. The molecule has 2 N–H and O–H groups in total. The molecule has 0 saturated heterocycles. The van der Waals surface area contributed by atoms with Crippen molar-refractivity contribution in [1.29, 1.82) is 0 Å². The van der Waals surface area contributed by atoms with Gasteiger partial charge in [-0.05, 0) is 30.0 Å². The molecule has 0 aliphatic heterocycles. The lowest BCUT2D eigenvalue weighted by Crippen LogP contribution is -2.15. The smallest absolute Gasteiger partial charge is 0.0603 e. The molecule has 2 aromatic heterocycles. The van der Waals surface area contributed by atoms with Crippen molar-refractivity contribution in [3.8, 4) is 0 Å².